The topological polar surface area (TPSA) is 72.4 Å². The van der Waals surface area contributed by atoms with E-state index in [1.807, 2.05) is 40.0 Å². The monoisotopic (exact) mass is 407 g/mol. The number of hydrogen-bond acceptors (Lipinski definition) is 7. The number of ketones is 1. The van der Waals surface area contributed by atoms with Gasteiger partial charge < -0.3 is 4.74 Å². The molecule has 2 aromatic rings. The van der Waals surface area contributed by atoms with Crippen molar-refractivity contribution in [2.75, 3.05) is 6.54 Å². The molecule has 0 unspecified atom stereocenters. The lowest BCUT2D eigenvalue weighted by atomic mass is 10.1. The fraction of sp³-hybridized carbons (Fsp3) is 0.579. The molecule has 0 aliphatic carbocycles. The lowest BCUT2D eigenvalue weighted by Crippen LogP contribution is -2.43. The number of rotatable bonds is 4. The Balaban J connectivity index is 1.68. The van der Waals surface area contributed by atoms with Crippen LogP contribution in [0.25, 0.3) is 10.6 Å². The van der Waals surface area contributed by atoms with Gasteiger partial charge in [-0.25, -0.2) is 14.8 Å². The average Bonchev–Trinajstić information content (AvgIpc) is 3.25. The molecule has 0 aromatic carbocycles. The molecule has 1 amide bonds. The predicted octanol–water partition coefficient (Wildman–Crippen LogP) is 4.39. The van der Waals surface area contributed by atoms with E-state index in [0.717, 1.165) is 32.7 Å². The quantitative estimate of drug-likeness (QED) is 0.751. The molecule has 0 radical (unpaired) electrons. The standard InChI is InChI=1S/C19H25N3O3S2/c1-11-17(27-12(2)20-11)13-10-26-16(21-13)9-15(23)14-7-6-8-22(14)18(24)25-19(3,4)5/h10,14H,6-9H2,1-5H3/t14-/m0/s1. The maximum atomic E-state index is 12.8. The molecule has 0 bridgehead atoms. The van der Waals surface area contributed by atoms with Gasteiger partial charge >= 0.3 is 6.09 Å². The molecule has 0 N–H and O–H groups in total. The molecule has 6 nitrogen and oxygen atoms in total. The fourth-order valence-electron chi connectivity index (χ4n) is 3.17. The number of amides is 1. The Kier molecular flexibility index (Phi) is 5.67. The van der Waals surface area contributed by atoms with E-state index < -0.39 is 17.7 Å². The van der Waals surface area contributed by atoms with Crippen molar-refractivity contribution in [3.63, 3.8) is 0 Å². The minimum atomic E-state index is -0.567. The highest BCUT2D eigenvalue weighted by atomic mass is 32.1. The number of carbonyl (C=O) groups excluding carboxylic acids is 2. The van der Waals surface area contributed by atoms with Crippen molar-refractivity contribution < 1.29 is 14.3 Å². The zero-order valence-electron chi connectivity index (χ0n) is 16.4. The summed E-state index contributed by atoms with van der Waals surface area (Å²) < 4.78 is 5.45. The summed E-state index contributed by atoms with van der Waals surface area (Å²) in [6.07, 6.45) is 1.33. The van der Waals surface area contributed by atoms with Gasteiger partial charge in [0.2, 0.25) is 0 Å². The first-order chi connectivity index (χ1) is 12.6. The number of aromatic nitrogens is 2. The molecule has 3 rings (SSSR count). The van der Waals surface area contributed by atoms with Gasteiger partial charge in [-0.1, -0.05) is 0 Å². The number of aryl methyl sites for hydroxylation is 2. The molecule has 8 heteroatoms. The third kappa shape index (κ3) is 4.73. The van der Waals surface area contributed by atoms with Crippen LogP contribution >= 0.6 is 22.7 Å². The average molecular weight is 408 g/mol. The van der Waals surface area contributed by atoms with E-state index in [2.05, 4.69) is 9.97 Å². The van der Waals surface area contributed by atoms with Gasteiger partial charge in [-0.05, 0) is 47.5 Å². The zero-order chi connectivity index (χ0) is 19.8. The molecule has 0 saturated carbocycles. The van der Waals surface area contributed by atoms with Crippen molar-refractivity contribution in [2.45, 2.75) is 65.5 Å². The van der Waals surface area contributed by atoms with Gasteiger partial charge in [0.25, 0.3) is 0 Å². The number of likely N-dealkylation sites (tertiary alicyclic amines) is 1. The molecule has 27 heavy (non-hydrogen) atoms. The Morgan fingerprint density at radius 1 is 1.30 bits per heavy atom. The van der Waals surface area contributed by atoms with Gasteiger partial charge in [0.1, 0.15) is 10.6 Å². The van der Waals surface area contributed by atoms with Crippen molar-refractivity contribution in [3.8, 4) is 10.6 Å². The Bertz CT molecular complexity index is 851. The van der Waals surface area contributed by atoms with Crippen LogP contribution in [0.1, 0.15) is 49.3 Å². The number of thiazole rings is 2. The van der Waals surface area contributed by atoms with E-state index in [0.29, 0.717) is 13.0 Å². The van der Waals surface area contributed by atoms with Crippen molar-refractivity contribution in [1.82, 2.24) is 14.9 Å². The van der Waals surface area contributed by atoms with E-state index in [1.54, 1.807) is 16.2 Å². The summed E-state index contributed by atoms with van der Waals surface area (Å²) in [5.41, 5.74) is 1.27. The van der Waals surface area contributed by atoms with Gasteiger partial charge in [0, 0.05) is 11.9 Å². The molecule has 1 aliphatic rings. The van der Waals surface area contributed by atoms with Crippen molar-refractivity contribution >= 4 is 34.6 Å². The van der Waals surface area contributed by atoms with Crippen LogP contribution < -0.4 is 0 Å². The first kappa shape index (κ1) is 19.9. The van der Waals surface area contributed by atoms with Gasteiger partial charge in [-0.3, -0.25) is 9.69 Å². The molecule has 1 fully saturated rings. The van der Waals surface area contributed by atoms with Gasteiger partial charge in [0.15, 0.2) is 5.78 Å². The highest BCUT2D eigenvalue weighted by molar-refractivity contribution is 7.16. The Hall–Kier alpha value is -1.80. The molecular formula is C19H25N3O3S2. The van der Waals surface area contributed by atoms with Crippen molar-refractivity contribution in [1.29, 1.82) is 0 Å². The minimum absolute atomic E-state index is 0.0245. The summed E-state index contributed by atoms with van der Waals surface area (Å²) in [4.78, 5) is 36.9. The largest absolute Gasteiger partial charge is 0.444 e. The molecular weight excluding hydrogens is 382 g/mol. The van der Waals surface area contributed by atoms with Crippen LogP contribution in [0.2, 0.25) is 0 Å². The van der Waals surface area contributed by atoms with Crippen LogP contribution in [0.3, 0.4) is 0 Å². The number of hydrogen-bond donors (Lipinski definition) is 0. The first-order valence-corrected chi connectivity index (χ1v) is 10.7. The maximum Gasteiger partial charge on any atom is 0.410 e. The van der Waals surface area contributed by atoms with Crippen LogP contribution in [0, 0.1) is 13.8 Å². The van der Waals surface area contributed by atoms with Crippen LogP contribution in [0.5, 0.6) is 0 Å². The molecule has 1 atom stereocenters. The van der Waals surface area contributed by atoms with Crippen molar-refractivity contribution in [2.24, 2.45) is 0 Å². The predicted molar refractivity (Wildman–Crippen MR) is 107 cm³/mol. The van der Waals surface area contributed by atoms with E-state index in [1.165, 1.54) is 11.3 Å². The summed E-state index contributed by atoms with van der Waals surface area (Å²) in [5, 5.41) is 3.76. The van der Waals surface area contributed by atoms with Crippen LogP contribution in [0.4, 0.5) is 4.79 Å². The molecule has 146 valence electrons. The molecule has 1 saturated heterocycles. The van der Waals surface area contributed by atoms with Gasteiger partial charge in [-0.2, -0.15) is 0 Å². The fourth-order valence-corrected chi connectivity index (χ4v) is 4.92. The molecule has 0 spiro atoms. The summed E-state index contributed by atoms with van der Waals surface area (Å²) in [7, 11) is 0. The highest BCUT2D eigenvalue weighted by Gasteiger charge is 2.36. The second kappa shape index (κ2) is 7.67. The summed E-state index contributed by atoms with van der Waals surface area (Å²) in [5.74, 6) is 0.0245. The van der Waals surface area contributed by atoms with Gasteiger partial charge in [0.05, 0.1) is 33.7 Å². The molecule has 3 heterocycles. The minimum Gasteiger partial charge on any atom is -0.444 e. The maximum absolute atomic E-state index is 12.8. The van der Waals surface area contributed by atoms with E-state index in [-0.39, 0.29) is 12.2 Å². The Labute approximate surface area is 167 Å². The first-order valence-electron chi connectivity index (χ1n) is 9.05. The zero-order valence-corrected chi connectivity index (χ0v) is 18.0. The van der Waals surface area contributed by atoms with Gasteiger partial charge in [-0.15, -0.1) is 22.7 Å². The number of ether oxygens (including phenoxy) is 1. The smallest absolute Gasteiger partial charge is 0.410 e. The van der Waals surface area contributed by atoms with Crippen LogP contribution in [0.15, 0.2) is 5.38 Å². The lowest BCUT2D eigenvalue weighted by Gasteiger charge is -2.27. The number of nitrogens with zero attached hydrogens (tertiary/aromatic N) is 3. The van der Waals surface area contributed by atoms with Crippen LogP contribution in [-0.4, -0.2) is 44.9 Å². The third-order valence-corrected chi connectivity index (χ3v) is 6.21. The lowest BCUT2D eigenvalue weighted by molar-refractivity contribution is -0.122. The molecule has 2 aromatic heterocycles. The molecule has 1 aliphatic heterocycles. The Morgan fingerprint density at radius 2 is 2.04 bits per heavy atom. The van der Waals surface area contributed by atoms with E-state index in [9.17, 15) is 9.59 Å². The number of Topliss-reactive ketones (excluding diaryl/α,β-unsaturated/α-hetero) is 1. The Morgan fingerprint density at radius 3 is 2.67 bits per heavy atom. The summed E-state index contributed by atoms with van der Waals surface area (Å²) in [6.45, 7) is 10.0. The van der Waals surface area contributed by atoms with E-state index in [4.69, 9.17) is 4.74 Å². The second-order valence-electron chi connectivity index (χ2n) is 7.75. The third-order valence-electron chi connectivity index (χ3n) is 4.27. The second-order valence-corrected chi connectivity index (χ2v) is 9.89. The van der Waals surface area contributed by atoms with Crippen LogP contribution in [-0.2, 0) is 16.0 Å². The normalized spacial score (nSPS) is 17.4. The summed E-state index contributed by atoms with van der Waals surface area (Å²) >= 11 is 3.09. The van der Waals surface area contributed by atoms with E-state index >= 15 is 0 Å². The van der Waals surface area contributed by atoms with Crippen molar-refractivity contribution in [3.05, 3.63) is 21.1 Å². The highest BCUT2D eigenvalue weighted by Crippen LogP contribution is 2.31. The summed E-state index contributed by atoms with van der Waals surface area (Å²) in [6, 6.07) is -0.417. The SMILES string of the molecule is Cc1nc(C)c(-c2csc(CC(=O)[C@@H]3CCCN3C(=O)OC(C)(C)C)n2)s1. The number of carbonyl (C=O) groups is 2.